The molecule has 0 aliphatic heterocycles. The number of methoxy groups -OCH3 is 2. The standard InChI is InChI=1S/C21H28N2O5S/c1-15-6-9-18(10-7-15)29(25,26)23(13-21(24)22-17(3)14-27-4)19-12-16(2)8-11-20(19)28-5/h6-12,17H,13-14H2,1-5H3,(H,22,24)/t17-/m0/s1. The van der Waals surface area contributed by atoms with Crippen LogP contribution in [0.2, 0.25) is 0 Å². The zero-order chi connectivity index (χ0) is 21.6. The van der Waals surface area contributed by atoms with Gasteiger partial charge in [0.2, 0.25) is 5.91 Å². The highest BCUT2D eigenvalue weighted by atomic mass is 32.2. The van der Waals surface area contributed by atoms with Crippen LogP contribution in [-0.4, -0.2) is 47.7 Å². The van der Waals surface area contributed by atoms with Gasteiger partial charge in [-0.15, -0.1) is 0 Å². The van der Waals surface area contributed by atoms with Crippen molar-refractivity contribution in [2.75, 3.05) is 31.7 Å². The summed E-state index contributed by atoms with van der Waals surface area (Å²) in [5.41, 5.74) is 2.09. The van der Waals surface area contributed by atoms with Crippen molar-refractivity contribution in [3.8, 4) is 5.75 Å². The van der Waals surface area contributed by atoms with Crippen molar-refractivity contribution < 1.29 is 22.7 Å². The van der Waals surface area contributed by atoms with E-state index in [9.17, 15) is 13.2 Å². The van der Waals surface area contributed by atoms with Crippen molar-refractivity contribution >= 4 is 21.6 Å². The van der Waals surface area contributed by atoms with Crippen LogP contribution in [0, 0.1) is 13.8 Å². The first-order valence-corrected chi connectivity index (χ1v) is 10.7. The largest absolute Gasteiger partial charge is 0.495 e. The predicted octanol–water partition coefficient (Wildman–Crippen LogP) is 2.66. The number of benzene rings is 2. The molecule has 0 aliphatic carbocycles. The second kappa shape index (κ2) is 9.76. The van der Waals surface area contributed by atoms with Crippen LogP contribution in [0.5, 0.6) is 5.75 Å². The van der Waals surface area contributed by atoms with Gasteiger partial charge in [-0.05, 0) is 50.6 Å². The zero-order valence-electron chi connectivity index (χ0n) is 17.4. The number of hydrogen-bond donors (Lipinski definition) is 1. The number of sulfonamides is 1. The number of nitrogens with zero attached hydrogens (tertiary/aromatic N) is 1. The van der Waals surface area contributed by atoms with Crippen LogP contribution >= 0.6 is 0 Å². The third-order valence-electron chi connectivity index (χ3n) is 4.32. The first-order chi connectivity index (χ1) is 13.7. The molecular formula is C21H28N2O5S. The summed E-state index contributed by atoms with van der Waals surface area (Å²) < 4.78 is 38.4. The molecule has 0 bridgehead atoms. The minimum atomic E-state index is -4.00. The molecule has 2 aromatic rings. The Balaban J connectivity index is 2.50. The number of rotatable bonds is 9. The molecule has 1 amide bonds. The molecule has 0 radical (unpaired) electrons. The fraction of sp³-hybridized carbons (Fsp3) is 0.381. The lowest BCUT2D eigenvalue weighted by Crippen LogP contribution is -2.44. The van der Waals surface area contributed by atoms with Gasteiger partial charge in [0.1, 0.15) is 12.3 Å². The van der Waals surface area contributed by atoms with E-state index in [1.165, 1.54) is 26.4 Å². The third kappa shape index (κ3) is 5.71. The maximum absolute atomic E-state index is 13.4. The number of amides is 1. The van der Waals surface area contributed by atoms with Crippen LogP contribution < -0.4 is 14.4 Å². The molecule has 0 fully saturated rings. The molecular weight excluding hydrogens is 392 g/mol. The molecule has 8 heteroatoms. The molecule has 0 aromatic heterocycles. The highest BCUT2D eigenvalue weighted by Crippen LogP contribution is 2.33. The van der Waals surface area contributed by atoms with Gasteiger partial charge in [-0.2, -0.15) is 0 Å². The first-order valence-electron chi connectivity index (χ1n) is 9.21. The third-order valence-corrected chi connectivity index (χ3v) is 6.10. The Kier molecular flexibility index (Phi) is 7.64. The van der Waals surface area contributed by atoms with Gasteiger partial charge >= 0.3 is 0 Å². The van der Waals surface area contributed by atoms with E-state index < -0.39 is 15.9 Å². The van der Waals surface area contributed by atoms with Gasteiger partial charge in [-0.3, -0.25) is 9.10 Å². The second-order valence-corrected chi connectivity index (χ2v) is 8.79. The highest BCUT2D eigenvalue weighted by molar-refractivity contribution is 7.92. The number of nitrogens with one attached hydrogen (secondary N) is 1. The average molecular weight is 421 g/mol. The molecule has 2 rings (SSSR count). The molecule has 0 saturated heterocycles. The van der Waals surface area contributed by atoms with Crippen LogP contribution in [0.3, 0.4) is 0 Å². The first kappa shape index (κ1) is 22.7. The van der Waals surface area contributed by atoms with Crippen molar-refractivity contribution in [1.29, 1.82) is 0 Å². The second-order valence-electron chi connectivity index (χ2n) is 6.92. The van der Waals surface area contributed by atoms with Gasteiger partial charge in [0, 0.05) is 13.2 Å². The SMILES string of the molecule is COC[C@H](C)NC(=O)CN(c1cc(C)ccc1OC)S(=O)(=O)c1ccc(C)cc1. The van der Waals surface area contributed by atoms with Crippen molar-refractivity contribution in [2.24, 2.45) is 0 Å². The van der Waals surface area contributed by atoms with Crippen LogP contribution in [0.15, 0.2) is 47.4 Å². The summed E-state index contributed by atoms with van der Waals surface area (Å²) in [5, 5.41) is 2.75. The molecule has 1 atom stereocenters. The van der Waals surface area contributed by atoms with Crippen LogP contribution in [0.4, 0.5) is 5.69 Å². The molecule has 7 nitrogen and oxygen atoms in total. The van der Waals surface area contributed by atoms with Gasteiger partial charge in [-0.25, -0.2) is 8.42 Å². The monoisotopic (exact) mass is 420 g/mol. The molecule has 0 heterocycles. The van der Waals surface area contributed by atoms with Gasteiger partial charge < -0.3 is 14.8 Å². The van der Waals surface area contributed by atoms with Crippen molar-refractivity contribution in [2.45, 2.75) is 31.7 Å². The Morgan fingerprint density at radius 2 is 1.69 bits per heavy atom. The van der Waals surface area contributed by atoms with E-state index in [4.69, 9.17) is 9.47 Å². The maximum Gasteiger partial charge on any atom is 0.264 e. The molecule has 0 aliphatic rings. The Morgan fingerprint density at radius 1 is 1.07 bits per heavy atom. The molecule has 0 saturated carbocycles. The van der Waals surface area contributed by atoms with Crippen molar-refractivity contribution in [3.63, 3.8) is 0 Å². The molecule has 0 unspecified atom stereocenters. The van der Waals surface area contributed by atoms with Gasteiger partial charge in [-0.1, -0.05) is 23.8 Å². The Bertz CT molecular complexity index is 942. The van der Waals surface area contributed by atoms with E-state index in [1.54, 1.807) is 31.2 Å². The average Bonchev–Trinajstić information content (AvgIpc) is 2.66. The molecule has 1 N–H and O–H groups in total. The number of aryl methyl sites for hydroxylation is 2. The summed E-state index contributed by atoms with van der Waals surface area (Å²) in [5.74, 6) is -0.0715. The molecule has 29 heavy (non-hydrogen) atoms. The topological polar surface area (TPSA) is 84.9 Å². The van der Waals surface area contributed by atoms with Gasteiger partial charge in [0.15, 0.2) is 0 Å². The van der Waals surface area contributed by atoms with E-state index >= 15 is 0 Å². The number of hydrogen-bond acceptors (Lipinski definition) is 5. The van der Waals surface area contributed by atoms with E-state index in [2.05, 4.69) is 5.32 Å². The van der Waals surface area contributed by atoms with Crippen LogP contribution in [-0.2, 0) is 19.6 Å². The summed E-state index contributed by atoms with van der Waals surface area (Å²) in [6.07, 6.45) is 0. The summed E-state index contributed by atoms with van der Waals surface area (Å²) in [6, 6.07) is 11.5. The summed E-state index contributed by atoms with van der Waals surface area (Å²) in [4.78, 5) is 12.7. The Morgan fingerprint density at radius 3 is 2.28 bits per heavy atom. The summed E-state index contributed by atoms with van der Waals surface area (Å²) in [6.45, 7) is 5.45. The number of carbonyl (C=O) groups is 1. The van der Waals surface area contributed by atoms with E-state index in [0.717, 1.165) is 15.4 Å². The normalized spacial score (nSPS) is 12.3. The molecule has 2 aromatic carbocycles. The van der Waals surface area contributed by atoms with Crippen LogP contribution in [0.1, 0.15) is 18.1 Å². The van der Waals surface area contributed by atoms with Crippen molar-refractivity contribution in [3.05, 3.63) is 53.6 Å². The molecule has 0 spiro atoms. The number of carbonyl (C=O) groups excluding carboxylic acids is 1. The van der Waals surface area contributed by atoms with Gasteiger partial charge in [0.05, 0.1) is 24.3 Å². The Hall–Kier alpha value is -2.58. The molecule has 158 valence electrons. The fourth-order valence-electron chi connectivity index (χ4n) is 2.87. The zero-order valence-corrected chi connectivity index (χ0v) is 18.2. The van der Waals surface area contributed by atoms with E-state index in [1.807, 2.05) is 19.9 Å². The summed E-state index contributed by atoms with van der Waals surface area (Å²) >= 11 is 0. The maximum atomic E-state index is 13.4. The highest BCUT2D eigenvalue weighted by Gasteiger charge is 2.29. The fourth-order valence-corrected chi connectivity index (χ4v) is 4.30. The van der Waals surface area contributed by atoms with Crippen LogP contribution in [0.25, 0.3) is 0 Å². The minimum Gasteiger partial charge on any atom is -0.495 e. The quantitative estimate of drug-likeness (QED) is 0.674. The lowest BCUT2D eigenvalue weighted by Gasteiger charge is -2.26. The van der Waals surface area contributed by atoms with E-state index in [-0.39, 0.29) is 17.5 Å². The van der Waals surface area contributed by atoms with E-state index in [0.29, 0.717) is 18.0 Å². The number of ether oxygens (including phenoxy) is 2. The number of anilines is 1. The lowest BCUT2D eigenvalue weighted by atomic mass is 10.2. The van der Waals surface area contributed by atoms with Gasteiger partial charge in [0.25, 0.3) is 10.0 Å². The lowest BCUT2D eigenvalue weighted by molar-refractivity contribution is -0.120. The smallest absolute Gasteiger partial charge is 0.264 e. The van der Waals surface area contributed by atoms with Crippen molar-refractivity contribution in [1.82, 2.24) is 5.32 Å². The summed E-state index contributed by atoms with van der Waals surface area (Å²) in [7, 11) is -1.00. The Labute approximate surface area is 172 Å². The predicted molar refractivity (Wildman–Crippen MR) is 113 cm³/mol. The minimum absolute atomic E-state index is 0.101.